The second-order valence-electron chi connectivity index (χ2n) is 9.60. The molecule has 4 fully saturated rings. The van der Waals surface area contributed by atoms with E-state index in [2.05, 4.69) is 32.7 Å². The molecule has 0 radical (unpaired) electrons. The van der Waals surface area contributed by atoms with E-state index in [1.165, 1.54) is 31.4 Å². The molecule has 1 heterocycles. The van der Waals surface area contributed by atoms with Gasteiger partial charge in [0.2, 0.25) is 0 Å². The summed E-state index contributed by atoms with van der Waals surface area (Å²) in [6, 6.07) is 0.626. The van der Waals surface area contributed by atoms with Crippen molar-refractivity contribution in [3.05, 3.63) is 12.3 Å². The van der Waals surface area contributed by atoms with Crippen LogP contribution in [-0.4, -0.2) is 17.3 Å². The first-order chi connectivity index (χ1) is 10.3. The fourth-order valence-corrected chi connectivity index (χ4v) is 7.16. The van der Waals surface area contributed by atoms with Crippen LogP contribution in [0.15, 0.2) is 12.3 Å². The number of aliphatic hydroxyl groups is 1. The van der Waals surface area contributed by atoms with Crippen molar-refractivity contribution in [2.24, 2.45) is 34.5 Å². The minimum atomic E-state index is -0.0456. The summed E-state index contributed by atoms with van der Waals surface area (Å²) >= 11 is 0. The number of aliphatic hydroxyl groups excluding tert-OH is 1. The van der Waals surface area contributed by atoms with Crippen molar-refractivity contribution in [3.8, 4) is 0 Å². The third kappa shape index (κ3) is 1.95. The van der Waals surface area contributed by atoms with Gasteiger partial charge in [0.1, 0.15) is 0 Å². The molecule has 0 aromatic heterocycles. The van der Waals surface area contributed by atoms with E-state index in [9.17, 15) is 5.11 Å². The monoisotopic (exact) mass is 303 g/mol. The highest BCUT2D eigenvalue weighted by molar-refractivity contribution is 5.15. The Bertz CT molecular complexity index is 488. The van der Waals surface area contributed by atoms with Crippen molar-refractivity contribution in [2.75, 3.05) is 0 Å². The summed E-state index contributed by atoms with van der Waals surface area (Å²) in [5.74, 6) is 3.19. The molecule has 4 aliphatic rings. The molecule has 0 aromatic rings. The standard InChI is InChI=1S/C20H33NO/c1-12-9-17-20(4,8-5-13(2)21-17)15-6-7-19(3)11-14(22)10-16(19)18(12)15/h12,14-18,21-22H,2,5-11H2,1,3-4H3/t12?,14?,15?,16?,17?,18?,19?,20-/m1/s1. The first-order valence-corrected chi connectivity index (χ1v) is 9.46. The van der Waals surface area contributed by atoms with Gasteiger partial charge in [0, 0.05) is 11.7 Å². The molecule has 2 nitrogen and oxygen atoms in total. The molecule has 3 aliphatic carbocycles. The van der Waals surface area contributed by atoms with Gasteiger partial charge in [-0.1, -0.05) is 27.4 Å². The van der Waals surface area contributed by atoms with Crippen LogP contribution in [0.5, 0.6) is 0 Å². The predicted molar refractivity (Wildman–Crippen MR) is 90.2 cm³/mol. The maximum Gasteiger partial charge on any atom is 0.0548 e. The molecule has 0 aromatic carbocycles. The second-order valence-corrected chi connectivity index (χ2v) is 9.60. The molecule has 8 atom stereocenters. The molecule has 124 valence electrons. The summed E-state index contributed by atoms with van der Waals surface area (Å²) in [6.07, 6.45) is 8.50. The molecule has 7 unspecified atom stereocenters. The summed E-state index contributed by atoms with van der Waals surface area (Å²) in [4.78, 5) is 0. The van der Waals surface area contributed by atoms with Crippen LogP contribution >= 0.6 is 0 Å². The lowest BCUT2D eigenvalue weighted by Gasteiger charge is -2.62. The molecule has 0 bridgehead atoms. The van der Waals surface area contributed by atoms with E-state index in [1.807, 2.05) is 0 Å². The Labute approximate surface area is 135 Å². The van der Waals surface area contributed by atoms with E-state index < -0.39 is 0 Å². The summed E-state index contributed by atoms with van der Waals surface area (Å²) in [7, 11) is 0. The number of nitrogens with one attached hydrogen (secondary N) is 1. The van der Waals surface area contributed by atoms with Gasteiger partial charge >= 0.3 is 0 Å². The molecule has 0 spiro atoms. The first-order valence-electron chi connectivity index (χ1n) is 9.46. The van der Waals surface area contributed by atoms with Crippen LogP contribution in [0.3, 0.4) is 0 Å². The summed E-state index contributed by atoms with van der Waals surface area (Å²) < 4.78 is 0. The van der Waals surface area contributed by atoms with Gasteiger partial charge in [-0.05, 0) is 79.4 Å². The van der Waals surface area contributed by atoms with Gasteiger partial charge in [0.05, 0.1) is 6.10 Å². The number of rotatable bonds is 0. The molecule has 1 saturated heterocycles. The quantitative estimate of drug-likeness (QED) is 0.706. The van der Waals surface area contributed by atoms with Crippen molar-refractivity contribution >= 4 is 0 Å². The largest absolute Gasteiger partial charge is 0.393 e. The van der Waals surface area contributed by atoms with Crippen molar-refractivity contribution in [1.29, 1.82) is 0 Å². The zero-order valence-electron chi connectivity index (χ0n) is 14.6. The zero-order chi connectivity index (χ0) is 15.7. The second kappa shape index (κ2) is 4.75. The maximum absolute atomic E-state index is 10.3. The zero-order valence-corrected chi connectivity index (χ0v) is 14.6. The fourth-order valence-electron chi connectivity index (χ4n) is 7.16. The Kier molecular flexibility index (Phi) is 3.25. The summed E-state index contributed by atoms with van der Waals surface area (Å²) in [5, 5.41) is 14.1. The molecule has 0 amide bonds. The van der Waals surface area contributed by atoms with E-state index in [1.54, 1.807) is 0 Å². The van der Waals surface area contributed by atoms with Crippen LogP contribution in [-0.2, 0) is 0 Å². The van der Waals surface area contributed by atoms with Crippen LogP contribution in [0.2, 0.25) is 0 Å². The minimum Gasteiger partial charge on any atom is -0.393 e. The lowest BCUT2D eigenvalue weighted by Crippen LogP contribution is -2.61. The molecule has 22 heavy (non-hydrogen) atoms. The van der Waals surface area contributed by atoms with Gasteiger partial charge in [-0.25, -0.2) is 0 Å². The van der Waals surface area contributed by atoms with Gasteiger partial charge < -0.3 is 10.4 Å². The number of hydrogen-bond donors (Lipinski definition) is 2. The molecular formula is C20H33NO. The number of allylic oxidation sites excluding steroid dienone is 1. The van der Waals surface area contributed by atoms with Crippen molar-refractivity contribution in [3.63, 3.8) is 0 Å². The average Bonchev–Trinajstić information content (AvgIpc) is 2.75. The SMILES string of the molecule is C=C1CC[C@@]2(C)C(CC(C)C3C4CC(O)CC4(C)CCC32)N1. The highest BCUT2D eigenvalue weighted by Crippen LogP contribution is 2.65. The number of hydrogen-bond acceptors (Lipinski definition) is 2. The van der Waals surface area contributed by atoms with Crippen LogP contribution in [0, 0.1) is 34.5 Å². The Morgan fingerprint density at radius 3 is 2.73 bits per heavy atom. The van der Waals surface area contributed by atoms with Crippen molar-refractivity contribution in [1.82, 2.24) is 5.32 Å². The highest BCUT2D eigenvalue weighted by Gasteiger charge is 2.60. The molecule has 2 heteroatoms. The molecule has 2 N–H and O–H groups in total. The summed E-state index contributed by atoms with van der Waals surface area (Å²) in [6.45, 7) is 11.7. The average molecular weight is 303 g/mol. The maximum atomic E-state index is 10.3. The molecular weight excluding hydrogens is 270 g/mol. The van der Waals surface area contributed by atoms with Crippen LogP contribution < -0.4 is 5.32 Å². The van der Waals surface area contributed by atoms with Crippen LogP contribution in [0.1, 0.15) is 65.7 Å². The van der Waals surface area contributed by atoms with Crippen molar-refractivity contribution in [2.45, 2.75) is 77.9 Å². The van der Waals surface area contributed by atoms with E-state index in [0.29, 0.717) is 16.9 Å². The van der Waals surface area contributed by atoms with Crippen LogP contribution in [0.25, 0.3) is 0 Å². The first kappa shape index (κ1) is 15.1. The number of fused-ring (bicyclic) bond motifs is 5. The Balaban J connectivity index is 1.68. The lowest BCUT2D eigenvalue weighted by molar-refractivity contribution is -0.106. The van der Waals surface area contributed by atoms with Gasteiger partial charge in [0.25, 0.3) is 0 Å². The van der Waals surface area contributed by atoms with E-state index in [-0.39, 0.29) is 6.10 Å². The predicted octanol–water partition coefficient (Wildman–Crippen LogP) is 4.10. The smallest absolute Gasteiger partial charge is 0.0548 e. The Hall–Kier alpha value is -0.500. The van der Waals surface area contributed by atoms with Crippen LogP contribution in [0.4, 0.5) is 0 Å². The van der Waals surface area contributed by atoms with Gasteiger partial charge in [0.15, 0.2) is 0 Å². The molecule has 4 rings (SSSR count). The van der Waals surface area contributed by atoms with E-state index in [4.69, 9.17) is 0 Å². The Morgan fingerprint density at radius 1 is 1.18 bits per heavy atom. The topological polar surface area (TPSA) is 32.3 Å². The van der Waals surface area contributed by atoms with Gasteiger partial charge in [-0.15, -0.1) is 0 Å². The van der Waals surface area contributed by atoms with Gasteiger partial charge in [-0.3, -0.25) is 0 Å². The molecule has 3 saturated carbocycles. The Morgan fingerprint density at radius 2 is 1.95 bits per heavy atom. The van der Waals surface area contributed by atoms with Gasteiger partial charge in [-0.2, -0.15) is 0 Å². The van der Waals surface area contributed by atoms with E-state index >= 15 is 0 Å². The number of piperidine rings is 1. The minimum absolute atomic E-state index is 0.0456. The van der Waals surface area contributed by atoms with E-state index in [0.717, 1.165) is 42.9 Å². The third-order valence-electron chi connectivity index (χ3n) is 8.33. The summed E-state index contributed by atoms with van der Waals surface area (Å²) in [5.41, 5.74) is 2.10. The normalized spacial score (nSPS) is 57.5. The third-order valence-corrected chi connectivity index (χ3v) is 8.33. The molecule has 1 aliphatic heterocycles. The fraction of sp³-hybridized carbons (Fsp3) is 0.900. The lowest BCUT2D eigenvalue weighted by atomic mass is 9.45. The highest BCUT2D eigenvalue weighted by atomic mass is 16.3. The van der Waals surface area contributed by atoms with Crippen molar-refractivity contribution < 1.29 is 5.11 Å².